The van der Waals surface area contributed by atoms with E-state index in [1.165, 1.54) is 17.0 Å². The van der Waals surface area contributed by atoms with Crippen LogP contribution in [-0.2, 0) is 11.2 Å². The van der Waals surface area contributed by atoms with Gasteiger partial charge in [-0.25, -0.2) is 8.78 Å². The number of benzene rings is 2. The molecule has 1 amide bonds. The van der Waals surface area contributed by atoms with Crippen molar-refractivity contribution in [3.63, 3.8) is 0 Å². The number of carbonyl (C=O) groups is 1. The third-order valence-corrected chi connectivity index (χ3v) is 3.80. The lowest BCUT2D eigenvalue weighted by atomic mass is 10.0. The first kappa shape index (κ1) is 17.9. The lowest BCUT2D eigenvalue weighted by Gasteiger charge is -2.24. The highest BCUT2D eigenvalue weighted by Gasteiger charge is 2.22. The van der Waals surface area contributed by atoms with E-state index in [0.29, 0.717) is 17.0 Å². The van der Waals surface area contributed by atoms with Gasteiger partial charge in [-0.1, -0.05) is 0 Å². The van der Waals surface area contributed by atoms with Crippen molar-refractivity contribution in [1.82, 2.24) is 5.32 Å². The smallest absolute Gasteiger partial charge is 0.244 e. The summed E-state index contributed by atoms with van der Waals surface area (Å²) in [4.78, 5) is 14.1. The number of carbonyl (C=O) groups excluding carboxylic acids is 1. The number of likely N-dealkylation sites (N-methyl/N-ethyl adjacent to an activating group) is 2. The largest absolute Gasteiger partial charge is 0.497 e. The average molecular weight is 334 g/mol. The maximum Gasteiger partial charge on any atom is 0.244 e. The Morgan fingerprint density at radius 3 is 2.25 bits per heavy atom. The second kappa shape index (κ2) is 7.88. The van der Waals surface area contributed by atoms with Gasteiger partial charge in [0.25, 0.3) is 0 Å². The molecule has 24 heavy (non-hydrogen) atoms. The molecular weight excluding hydrogens is 314 g/mol. The Hall–Kier alpha value is -2.47. The van der Waals surface area contributed by atoms with Crippen LogP contribution in [0.2, 0.25) is 0 Å². The van der Waals surface area contributed by atoms with Gasteiger partial charge in [0.05, 0.1) is 13.2 Å². The molecule has 2 aromatic rings. The number of halogens is 2. The first-order valence-electron chi connectivity index (χ1n) is 7.48. The van der Waals surface area contributed by atoms with E-state index in [-0.39, 0.29) is 12.3 Å². The summed E-state index contributed by atoms with van der Waals surface area (Å²) in [6, 6.07) is 9.73. The number of nitrogens with one attached hydrogen (secondary N) is 1. The molecule has 6 heteroatoms. The van der Waals surface area contributed by atoms with E-state index in [0.717, 1.165) is 6.07 Å². The number of anilines is 1. The molecule has 0 saturated heterocycles. The van der Waals surface area contributed by atoms with Crippen molar-refractivity contribution < 1.29 is 18.3 Å². The molecule has 0 fully saturated rings. The van der Waals surface area contributed by atoms with Crippen LogP contribution in [0.4, 0.5) is 14.5 Å². The summed E-state index contributed by atoms with van der Waals surface area (Å²) in [5.74, 6) is -0.820. The minimum absolute atomic E-state index is 0.185. The summed E-state index contributed by atoms with van der Waals surface area (Å²) in [6.45, 7) is 0. The Kier molecular flexibility index (Phi) is 5.87. The fraction of sp³-hybridized carbons (Fsp3) is 0.278. The molecule has 0 radical (unpaired) electrons. The number of methoxy groups -OCH3 is 1. The van der Waals surface area contributed by atoms with Gasteiger partial charge >= 0.3 is 0 Å². The Balaban J connectivity index is 2.14. The van der Waals surface area contributed by atoms with Crippen molar-refractivity contribution in [1.29, 1.82) is 0 Å². The van der Waals surface area contributed by atoms with E-state index in [1.807, 2.05) is 0 Å². The fourth-order valence-electron chi connectivity index (χ4n) is 2.44. The summed E-state index contributed by atoms with van der Waals surface area (Å²) in [6.07, 6.45) is 0.185. The molecule has 0 aliphatic carbocycles. The van der Waals surface area contributed by atoms with E-state index >= 15 is 0 Å². The van der Waals surface area contributed by atoms with Crippen LogP contribution < -0.4 is 15.0 Å². The van der Waals surface area contributed by atoms with Crippen LogP contribution in [0.3, 0.4) is 0 Å². The standard InChI is InChI=1S/C18H20F2N2O2/c1-21-17(10-12-8-13(19)11-14(20)9-12)18(23)22(2)15-4-6-16(24-3)7-5-15/h4-9,11,17,21H,10H2,1-3H3. The molecule has 0 aromatic heterocycles. The summed E-state index contributed by atoms with van der Waals surface area (Å²) in [7, 11) is 4.86. The predicted molar refractivity (Wildman–Crippen MR) is 89.3 cm³/mol. The number of hydrogen-bond acceptors (Lipinski definition) is 3. The lowest BCUT2D eigenvalue weighted by molar-refractivity contribution is -0.120. The zero-order valence-corrected chi connectivity index (χ0v) is 13.8. The van der Waals surface area contributed by atoms with Gasteiger partial charge in [0.15, 0.2) is 0 Å². The van der Waals surface area contributed by atoms with Gasteiger partial charge in [0, 0.05) is 18.8 Å². The third-order valence-electron chi connectivity index (χ3n) is 3.80. The zero-order valence-electron chi connectivity index (χ0n) is 13.8. The van der Waals surface area contributed by atoms with E-state index in [1.54, 1.807) is 45.5 Å². The van der Waals surface area contributed by atoms with Gasteiger partial charge in [-0.2, -0.15) is 0 Å². The van der Waals surface area contributed by atoms with Gasteiger partial charge in [0.1, 0.15) is 17.4 Å². The van der Waals surface area contributed by atoms with Crippen LogP contribution in [0.5, 0.6) is 5.75 Å². The quantitative estimate of drug-likeness (QED) is 0.883. The van der Waals surface area contributed by atoms with E-state index < -0.39 is 17.7 Å². The first-order chi connectivity index (χ1) is 11.4. The van der Waals surface area contributed by atoms with Gasteiger partial charge in [-0.3, -0.25) is 4.79 Å². The van der Waals surface area contributed by atoms with Crippen LogP contribution >= 0.6 is 0 Å². The number of rotatable bonds is 6. The van der Waals surface area contributed by atoms with Gasteiger partial charge < -0.3 is 15.0 Å². The Morgan fingerprint density at radius 2 is 1.75 bits per heavy atom. The van der Waals surface area contributed by atoms with E-state index in [2.05, 4.69) is 5.32 Å². The van der Waals surface area contributed by atoms with E-state index in [4.69, 9.17) is 4.74 Å². The highest BCUT2D eigenvalue weighted by atomic mass is 19.1. The number of hydrogen-bond donors (Lipinski definition) is 1. The first-order valence-corrected chi connectivity index (χ1v) is 7.48. The molecule has 128 valence electrons. The second-order valence-electron chi connectivity index (χ2n) is 5.42. The number of nitrogens with zero attached hydrogens (tertiary/aromatic N) is 1. The van der Waals surface area contributed by atoms with Crippen molar-refractivity contribution in [2.45, 2.75) is 12.5 Å². The van der Waals surface area contributed by atoms with E-state index in [9.17, 15) is 13.6 Å². The molecule has 1 unspecified atom stereocenters. The molecule has 0 aliphatic rings. The molecule has 1 N–H and O–H groups in total. The lowest BCUT2D eigenvalue weighted by Crippen LogP contribution is -2.45. The van der Waals surface area contributed by atoms with Gasteiger partial charge in [-0.15, -0.1) is 0 Å². The molecular formula is C18H20F2N2O2. The average Bonchev–Trinajstić information content (AvgIpc) is 2.57. The third kappa shape index (κ3) is 4.29. The van der Waals surface area contributed by atoms with Crippen molar-refractivity contribution in [3.8, 4) is 5.75 Å². The molecule has 2 rings (SSSR count). The molecule has 2 aromatic carbocycles. The molecule has 0 aliphatic heterocycles. The zero-order chi connectivity index (χ0) is 17.7. The normalized spacial score (nSPS) is 11.9. The van der Waals surface area contributed by atoms with Gasteiger partial charge in [-0.05, 0) is 55.4 Å². The fourth-order valence-corrected chi connectivity index (χ4v) is 2.44. The molecule has 0 spiro atoms. The highest BCUT2D eigenvalue weighted by Crippen LogP contribution is 2.19. The van der Waals surface area contributed by atoms with Crippen molar-refractivity contribution >= 4 is 11.6 Å². The molecule has 0 saturated carbocycles. The minimum atomic E-state index is -0.657. The summed E-state index contributed by atoms with van der Waals surface area (Å²) in [5.41, 5.74) is 1.12. The maximum atomic E-state index is 13.3. The predicted octanol–water partition coefficient (Wildman–Crippen LogP) is 2.77. The second-order valence-corrected chi connectivity index (χ2v) is 5.42. The van der Waals surface area contributed by atoms with Crippen molar-refractivity contribution in [2.75, 3.05) is 26.1 Å². The SMILES string of the molecule is CNC(Cc1cc(F)cc(F)c1)C(=O)N(C)c1ccc(OC)cc1. The highest BCUT2D eigenvalue weighted by molar-refractivity contribution is 5.96. The minimum Gasteiger partial charge on any atom is -0.497 e. The van der Waals surface area contributed by atoms with Crippen molar-refractivity contribution in [2.24, 2.45) is 0 Å². The van der Waals surface area contributed by atoms with Crippen LogP contribution in [0.15, 0.2) is 42.5 Å². The van der Waals surface area contributed by atoms with Crippen molar-refractivity contribution in [3.05, 3.63) is 59.7 Å². The van der Waals surface area contributed by atoms with Gasteiger partial charge in [0.2, 0.25) is 5.91 Å². The van der Waals surface area contributed by atoms with Crippen LogP contribution in [-0.4, -0.2) is 33.2 Å². The number of ether oxygens (including phenoxy) is 1. The van der Waals surface area contributed by atoms with Crippen LogP contribution in [0, 0.1) is 11.6 Å². The summed E-state index contributed by atoms with van der Waals surface area (Å²) in [5, 5.41) is 2.90. The Labute approximate surface area is 140 Å². The molecule has 1 atom stereocenters. The molecule has 0 bridgehead atoms. The maximum absolute atomic E-state index is 13.3. The monoisotopic (exact) mass is 334 g/mol. The summed E-state index contributed by atoms with van der Waals surface area (Å²) >= 11 is 0. The van der Waals surface area contributed by atoms with Crippen LogP contribution in [0.25, 0.3) is 0 Å². The molecule has 0 heterocycles. The molecule has 4 nitrogen and oxygen atoms in total. The summed E-state index contributed by atoms with van der Waals surface area (Å²) < 4.78 is 31.7. The Morgan fingerprint density at radius 1 is 1.17 bits per heavy atom. The number of amides is 1. The topological polar surface area (TPSA) is 41.6 Å². The Bertz CT molecular complexity index is 684. The van der Waals surface area contributed by atoms with Crippen LogP contribution in [0.1, 0.15) is 5.56 Å².